The molecule has 3 unspecified atom stereocenters. The molecule has 1 N–H and O–H groups in total. The van der Waals surface area contributed by atoms with E-state index in [0.717, 1.165) is 24.8 Å². The van der Waals surface area contributed by atoms with Crippen molar-refractivity contribution in [1.29, 1.82) is 0 Å². The summed E-state index contributed by atoms with van der Waals surface area (Å²) in [4.78, 5) is 2.62. The number of hydrogen-bond acceptors (Lipinski definition) is 2. The summed E-state index contributed by atoms with van der Waals surface area (Å²) < 4.78 is 0. The first kappa shape index (κ1) is 16.3. The van der Waals surface area contributed by atoms with Crippen molar-refractivity contribution >= 4 is 0 Å². The average molecular weight is 281 g/mol. The van der Waals surface area contributed by atoms with Gasteiger partial charge in [-0.15, -0.1) is 0 Å². The van der Waals surface area contributed by atoms with Gasteiger partial charge in [-0.1, -0.05) is 20.8 Å². The normalized spacial score (nSPS) is 32.1. The van der Waals surface area contributed by atoms with Gasteiger partial charge in [0.25, 0.3) is 0 Å². The molecule has 2 saturated carbocycles. The molecule has 2 fully saturated rings. The maximum atomic E-state index is 10.4. The van der Waals surface area contributed by atoms with Crippen molar-refractivity contribution in [2.45, 2.75) is 78.9 Å². The highest BCUT2D eigenvalue weighted by Gasteiger charge is 2.36. The Kier molecular flexibility index (Phi) is 5.18. The van der Waals surface area contributed by atoms with Gasteiger partial charge < -0.3 is 10.0 Å². The molecule has 118 valence electrons. The average Bonchev–Trinajstić information content (AvgIpc) is 3.13. The van der Waals surface area contributed by atoms with E-state index in [1.54, 1.807) is 0 Å². The van der Waals surface area contributed by atoms with E-state index in [2.05, 4.69) is 39.5 Å². The van der Waals surface area contributed by atoms with E-state index < -0.39 is 0 Å². The minimum absolute atomic E-state index is 0.0750. The Morgan fingerprint density at radius 3 is 2.20 bits per heavy atom. The van der Waals surface area contributed by atoms with Crippen molar-refractivity contribution in [2.24, 2.45) is 23.2 Å². The lowest BCUT2D eigenvalue weighted by Crippen LogP contribution is -2.44. The first-order valence-corrected chi connectivity index (χ1v) is 8.69. The fourth-order valence-corrected chi connectivity index (χ4v) is 3.66. The van der Waals surface area contributed by atoms with Crippen LogP contribution >= 0.6 is 0 Å². The van der Waals surface area contributed by atoms with E-state index in [4.69, 9.17) is 0 Å². The van der Waals surface area contributed by atoms with Crippen LogP contribution in [0.1, 0.15) is 66.7 Å². The van der Waals surface area contributed by atoms with E-state index >= 15 is 0 Å². The lowest BCUT2D eigenvalue weighted by molar-refractivity contribution is -0.00181. The Morgan fingerprint density at radius 1 is 1.05 bits per heavy atom. The number of nitrogens with zero attached hydrogens (tertiary/aromatic N) is 1. The van der Waals surface area contributed by atoms with Crippen LogP contribution in [-0.4, -0.2) is 35.2 Å². The molecule has 0 amide bonds. The maximum Gasteiger partial charge on any atom is 0.0580 e. The minimum atomic E-state index is -0.0750. The van der Waals surface area contributed by atoms with Crippen molar-refractivity contribution in [1.82, 2.24) is 4.90 Å². The number of rotatable bonds is 5. The highest BCUT2D eigenvalue weighted by atomic mass is 16.3. The third-order valence-corrected chi connectivity index (χ3v) is 5.56. The molecule has 0 heterocycles. The zero-order valence-electron chi connectivity index (χ0n) is 14.2. The molecule has 0 saturated heterocycles. The molecule has 0 aromatic heterocycles. The first-order chi connectivity index (χ1) is 9.27. The molecule has 0 radical (unpaired) electrons. The zero-order chi connectivity index (χ0) is 14.9. The molecule has 0 aromatic rings. The van der Waals surface area contributed by atoms with Gasteiger partial charge >= 0.3 is 0 Å². The Balaban J connectivity index is 1.93. The van der Waals surface area contributed by atoms with Crippen LogP contribution in [0.4, 0.5) is 0 Å². The van der Waals surface area contributed by atoms with E-state index in [-0.39, 0.29) is 6.10 Å². The smallest absolute Gasteiger partial charge is 0.0580 e. The van der Waals surface area contributed by atoms with Crippen LogP contribution in [0.5, 0.6) is 0 Å². The molecule has 2 aliphatic carbocycles. The van der Waals surface area contributed by atoms with Crippen LogP contribution in [0.25, 0.3) is 0 Å². The van der Waals surface area contributed by atoms with Gasteiger partial charge in [-0.3, -0.25) is 0 Å². The van der Waals surface area contributed by atoms with Crippen molar-refractivity contribution in [2.75, 3.05) is 13.1 Å². The molecule has 2 rings (SSSR count). The fourth-order valence-electron chi connectivity index (χ4n) is 3.66. The van der Waals surface area contributed by atoms with Crippen LogP contribution < -0.4 is 0 Å². The van der Waals surface area contributed by atoms with Gasteiger partial charge in [-0.2, -0.15) is 0 Å². The fraction of sp³-hybridized carbons (Fsp3) is 1.00. The van der Waals surface area contributed by atoms with Gasteiger partial charge in [-0.25, -0.2) is 0 Å². The predicted molar refractivity (Wildman–Crippen MR) is 85.7 cm³/mol. The summed E-state index contributed by atoms with van der Waals surface area (Å²) in [5, 5.41) is 10.4. The number of aliphatic hydroxyl groups excluding tert-OH is 1. The third-order valence-electron chi connectivity index (χ3n) is 5.56. The van der Waals surface area contributed by atoms with Crippen LogP contribution in [0, 0.1) is 23.2 Å². The molecule has 0 aromatic carbocycles. The molecular formula is C18H35NO. The molecular weight excluding hydrogens is 246 g/mol. The lowest BCUT2D eigenvalue weighted by Gasteiger charge is -2.42. The first-order valence-electron chi connectivity index (χ1n) is 8.69. The van der Waals surface area contributed by atoms with E-state index in [1.807, 2.05) is 0 Å². The summed E-state index contributed by atoms with van der Waals surface area (Å²) in [5.74, 6) is 2.19. The second kappa shape index (κ2) is 6.36. The molecule has 20 heavy (non-hydrogen) atoms. The summed E-state index contributed by atoms with van der Waals surface area (Å²) in [6.07, 6.45) is 6.17. The summed E-state index contributed by atoms with van der Waals surface area (Å²) >= 11 is 0. The Morgan fingerprint density at radius 2 is 1.70 bits per heavy atom. The maximum absolute atomic E-state index is 10.4. The molecule has 2 nitrogen and oxygen atoms in total. The second-order valence-electron chi connectivity index (χ2n) is 8.69. The van der Waals surface area contributed by atoms with Crippen LogP contribution in [-0.2, 0) is 0 Å². The zero-order valence-corrected chi connectivity index (χ0v) is 14.2. The van der Waals surface area contributed by atoms with Gasteiger partial charge in [0.2, 0.25) is 0 Å². The van der Waals surface area contributed by atoms with Crippen molar-refractivity contribution in [3.8, 4) is 0 Å². The number of aliphatic hydroxyl groups is 1. The van der Waals surface area contributed by atoms with Gasteiger partial charge in [0.05, 0.1) is 6.10 Å². The van der Waals surface area contributed by atoms with E-state index in [0.29, 0.717) is 17.4 Å². The summed E-state index contributed by atoms with van der Waals surface area (Å²) in [7, 11) is 0. The van der Waals surface area contributed by atoms with Crippen molar-refractivity contribution in [3.05, 3.63) is 0 Å². The van der Waals surface area contributed by atoms with Gasteiger partial charge in [0.15, 0.2) is 0 Å². The standard InChI is InChI=1S/C18H35NO/c1-13(2)19(11-14-6-7-14)12-15-10-16(18(3,4)5)8-9-17(15)20/h13-17,20H,6-12H2,1-5H3. The topological polar surface area (TPSA) is 23.5 Å². The summed E-state index contributed by atoms with van der Waals surface area (Å²) in [6.45, 7) is 14.0. The van der Waals surface area contributed by atoms with E-state index in [1.165, 1.54) is 32.2 Å². The lowest BCUT2D eigenvalue weighted by atomic mass is 9.68. The predicted octanol–water partition coefficient (Wildman–Crippen LogP) is 3.93. The Bertz CT molecular complexity index is 303. The van der Waals surface area contributed by atoms with Gasteiger partial charge in [0, 0.05) is 19.1 Å². The quantitative estimate of drug-likeness (QED) is 0.825. The monoisotopic (exact) mass is 281 g/mol. The molecule has 0 bridgehead atoms. The molecule has 0 aliphatic heterocycles. The van der Waals surface area contributed by atoms with Crippen LogP contribution in [0.3, 0.4) is 0 Å². The largest absolute Gasteiger partial charge is 0.393 e. The third kappa shape index (κ3) is 4.46. The SMILES string of the molecule is CC(C)N(CC1CC1)CC1CC(C(C)(C)C)CCC1O. The van der Waals surface area contributed by atoms with Crippen LogP contribution in [0.2, 0.25) is 0 Å². The second-order valence-corrected chi connectivity index (χ2v) is 8.69. The highest BCUT2D eigenvalue weighted by molar-refractivity contribution is 4.88. The van der Waals surface area contributed by atoms with Crippen molar-refractivity contribution < 1.29 is 5.11 Å². The van der Waals surface area contributed by atoms with Gasteiger partial charge in [0.1, 0.15) is 0 Å². The minimum Gasteiger partial charge on any atom is -0.393 e. The molecule has 0 spiro atoms. The Hall–Kier alpha value is -0.0800. The number of hydrogen-bond donors (Lipinski definition) is 1. The molecule has 2 aliphatic rings. The van der Waals surface area contributed by atoms with Crippen LogP contribution in [0.15, 0.2) is 0 Å². The summed E-state index contributed by atoms with van der Waals surface area (Å²) in [5.41, 5.74) is 0.386. The van der Waals surface area contributed by atoms with E-state index in [9.17, 15) is 5.11 Å². The van der Waals surface area contributed by atoms with Gasteiger partial charge in [-0.05, 0) is 69.1 Å². The molecule has 3 atom stereocenters. The van der Waals surface area contributed by atoms with Crippen molar-refractivity contribution in [3.63, 3.8) is 0 Å². The summed E-state index contributed by atoms with van der Waals surface area (Å²) in [6, 6.07) is 0.609. The molecule has 2 heteroatoms. The Labute approximate surface area is 125 Å². The highest BCUT2D eigenvalue weighted by Crippen LogP contribution is 2.41.